The number of aliphatic hydroxyl groups is 1. The summed E-state index contributed by atoms with van der Waals surface area (Å²) in [6.45, 7) is 5.10. The van der Waals surface area contributed by atoms with Crippen molar-refractivity contribution in [3.8, 4) is 0 Å². The minimum absolute atomic E-state index is 0.101. The van der Waals surface area contributed by atoms with Crippen LogP contribution in [0.2, 0.25) is 0 Å². The number of amides is 2. The average Bonchev–Trinajstić information content (AvgIpc) is 3.19. The van der Waals surface area contributed by atoms with Gasteiger partial charge in [0.1, 0.15) is 5.60 Å². The van der Waals surface area contributed by atoms with Crippen molar-refractivity contribution < 1.29 is 23.8 Å². The number of alkyl carbamates (subject to hydrolysis) is 1. The van der Waals surface area contributed by atoms with Gasteiger partial charge in [-0.25, -0.2) is 9.18 Å². The zero-order valence-corrected chi connectivity index (χ0v) is 13.6. The van der Waals surface area contributed by atoms with Gasteiger partial charge in [0, 0.05) is 20.1 Å². The van der Waals surface area contributed by atoms with Crippen molar-refractivity contribution in [2.24, 2.45) is 5.92 Å². The van der Waals surface area contributed by atoms with E-state index >= 15 is 0 Å². The van der Waals surface area contributed by atoms with E-state index in [4.69, 9.17) is 4.74 Å². The van der Waals surface area contributed by atoms with Crippen molar-refractivity contribution >= 4 is 12.0 Å². The van der Waals surface area contributed by atoms with Crippen molar-refractivity contribution in [3.05, 3.63) is 11.9 Å². The van der Waals surface area contributed by atoms with Crippen molar-refractivity contribution in [2.45, 2.75) is 45.3 Å². The molecule has 0 aromatic carbocycles. The maximum atomic E-state index is 13.7. The summed E-state index contributed by atoms with van der Waals surface area (Å²) in [6.07, 6.45) is 1.58. The number of halogens is 1. The Morgan fingerprint density at radius 1 is 1.45 bits per heavy atom. The number of nitrogens with zero attached hydrogens (tertiary/aromatic N) is 1. The summed E-state index contributed by atoms with van der Waals surface area (Å²) in [5, 5.41) is 12.1. The SMILES string of the molecule is CN(CC(O)C1CC1)C(=O)/C(F)=C/CNC(=O)OC(C)(C)C. The predicted molar refractivity (Wildman–Crippen MR) is 79.8 cm³/mol. The Morgan fingerprint density at radius 2 is 2.05 bits per heavy atom. The molecule has 2 amide bonds. The Bertz CT molecular complexity index is 441. The number of rotatable bonds is 6. The number of carbonyl (C=O) groups excluding carboxylic acids is 2. The van der Waals surface area contributed by atoms with Gasteiger partial charge < -0.3 is 20.1 Å². The molecule has 126 valence electrons. The van der Waals surface area contributed by atoms with Crippen LogP contribution in [0.15, 0.2) is 11.9 Å². The Labute approximate surface area is 130 Å². The minimum Gasteiger partial charge on any atom is -0.444 e. The molecule has 0 aromatic rings. The van der Waals surface area contributed by atoms with E-state index in [-0.39, 0.29) is 19.0 Å². The van der Waals surface area contributed by atoms with E-state index in [1.807, 2.05) is 0 Å². The predicted octanol–water partition coefficient (Wildman–Crippen LogP) is 1.59. The van der Waals surface area contributed by atoms with Gasteiger partial charge in [-0.05, 0) is 45.6 Å². The number of ether oxygens (including phenoxy) is 1. The second-order valence-electron chi connectivity index (χ2n) is 6.53. The fraction of sp³-hybridized carbons (Fsp3) is 0.733. The quantitative estimate of drug-likeness (QED) is 0.730. The Morgan fingerprint density at radius 3 is 2.55 bits per heavy atom. The highest BCUT2D eigenvalue weighted by atomic mass is 19.1. The van der Waals surface area contributed by atoms with Crippen molar-refractivity contribution in [1.82, 2.24) is 10.2 Å². The summed E-state index contributed by atoms with van der Waals surface area (Å²) in [5.41, 5.74) is -0.638. The second-order valence-corrected chi connectivity index (χ2v) is 6.53. The van der Waals surface area contributed by atoms with Gasteiger partial charge in [0.05, 0.1) is 6.10 Å². The van der Waals surface area contributed by atoms with Crippen LogP contribution in [-0.4, -0.2) is 53.8 Å². The van der Waals surface area contributed by atoms with Gasteiger partial charge in [-0.1, -0.05) is 0 Å². The van der Waals surface area contributed by atoms with E-state index in [0.717, 1.165) is 23.8 Å². The molecule has 1 aliphatic rings. The highest BCUT2D eigenvalue weighted by molar-refractivity contribution is 5.91. The molecule has 7 heteroatoms. The van der Waals surface area contributed by atoms with Gasteiger partial charge in [-0.3, -0.25) is 4.79 Å². The lowest BCUT2D eigenvalue weighted by Gasteiger charge is -2.20. The van der Waals surface area contributed by atoms with Crippen LogP contribution < -0.4 is 5.32 Å². The first-order valence-corrected chi connectivity index (χ1v) is 7.36. The molecular formula is C15H25FN2O4. The molecule has 0 aromatic heterocycles. The number of nitrogens with one attached hydrogen (secondary N) is 1. The number of hydrogen-bond acceptors (Lipinski definition) is 4. The standard InChI is InChI=1S/C15H25FN2O4/c1-15(2,3)22-14(21)17-8-7-11(16)13(20)18(4)9-12(19)10-5-6-10/h7,10,12,19H,5-6,8-9H2,1-4H3,(H,17,21)/b11-7-. The van der Waals surface area contributed by atoms with Gasteiger partial charge in [0.15, 0.2) is 5.83 Å². The van der Waals surface area contributed by atoms with Crippen LogP contribution in [0.5, 0.6) is 0 Å². The zero-order valence-electron chi connectivity index (χ0n) is 13.6. The van der Waals surface area contributed by atoms with Crippen LogP contribution in [0, 0.1) is 5.92 Å². The van der Waals surface area contributed by atoms with Crippen molar-refractivity contribution in [1.29, 1.82) is 0 Å². The number of hydrogen-bond donors (Lipinski definition) is 2. The summed E-state index contributed by atoms with van der Waals surface area (Å²) in [5.74, 6) is -1.57. The van der Waals surface area contributed by atoms with Crippen LogP contribution in [0.3, 0.4) is 0 Å². The fourth-order valence-electron chi connectivity index (χ4n) is 1.80. The lowest BCUT2D eigenvalue weighted by molar-refractivity contribution is -0.128. The fourth-order valence-corrected chi connectivity index (χ4v) is 1.80. The summed E-state index contributed by atoms with van der Waals surface area (Å²) in [4.78, 5) is 24.3. The van der Waals surface area contributed by atoms with Gasteiger partial charge in [-0.15, -0.1) is 0 Å². The summed E-state index contributed by atoms with van der Waals surface area (Å²) < 4.78 is 18.7. The smallest absolute Gasteiger partial charge is 0.407 e. The Kier molecular flexibility index (Phi) is 6.34. The van der Waals surface area contributed by atoms with Gasteiger partial charge >= 0.3 is 6.09 Å². The van der Waals surface area contributed by atoms with Crippen LogP contribution in [0.4, 0.5) is 9.18 Å². The molecule has 0 bridgehead atoms. The van der Waals surface area contributed by atoms with Crippen molar-refractivity contribution in [2.75, 3.05) is 20.1 Å². The van der Waals surface area contributed by atoms with E-state index in [1.54, 1.807) is 20.8 Å². The third-order valence-corrected chi connectivity index (χ3v) is 3.10. The van der Waals surface area contributed by atoms with Crippen LogP contribution in [0.25, 0.3) is 0 Å². The lowest BCUT2D eigenvalue weighted by Crippen LogP contribution is -2.36. The second kappa shape index (κ2) is 7.58. The number of carbonyl (C=O) groups is 2. The summed E-state index contributed by atoms with van der Waals surface area (Å²) >= 11 is 0. The number of likely N-dealkylation sites (N-methyl/N-ethyl adjacent to an activating group) is 1. The molecule has 1 rings (SSSR count). The van der Waals surface area contributed by atoms with Crippen LogP contribution in [0.1, 0.15) is 33.6 Å². The number of aliphatic hydroxyl groups excluding tert-OH is 1. The highest BCUT2D eigenvalue weighted by Gasteiger charge is 2.31. The van der Waals surface area contributed by atoms with E-state index in [0.29, 0.717) is 0 Å². The first kappa shape index (κ1) is 18.4. The Balaban J connectivity index is 2.36. The molecule has 0 radical (unpaired) electrons. The van der Waals surface area contributed by atoms with Crippen LogP contribution in [-0.2, 0) is 9.53 Å². The molecule has 1 unspecified atom stereocenters. The molecule has 1 saturated carbocycles. The molecule has 0 spiro atoms. The molecule has 1 fully saturated rings. The van der Waals surface area contributed by atoms with E-state index in [9.17, 15) is 19.1 Å². The first-order valence-electron chi connectivity index (χ1n) is 7.36. The molecule has 0 aliphatic heterocycles. The zero-order chi connectivity index (χ0) is 16.9. The summed E-state index contributed by atoms with van der Waals surface area (Å²) in [7, 11) is 1.43. The lowest BCUT2D eigenvalue weighted by atomic mass is 10.2. The van der Waals surface area contributed by atoms with Gasteiger partial charge in [-0.2, -0.15) is 0 Å². The normalized spacial score (nSPS) is 16.9. The van der Waals surface area contributed by atoms with Gasteiger partial charge in [0.2, 0.25) is 0 Å². The van der Waals surface area contributed by atoms with E-state index in [2.05, 4.69) is 5.32 Å². The van der Waals surface area contributed by atoms with E-state index < -0.39 is 29.5 Å². The molecule has 22 heavy (non-hydrogen) atoms. The minimum atomic E-state index is -0.971. The molecule has 6 nitrogen and oxygen atoms in total. The molecule has 1 atom stereocenters. The summed E-state index contributed by atoms with van der Waals surface area (Å²) in [6, 6.07) is 0. The molecule has 0 heterocycles. The maximum absolute atomic E-state index is 13.7. The third-order valence-electron chi connectivity index (χ3n) is 3.10. The maximum Gasteiger partial charge on any atom is 0.407 e. The van der Waals surface area contributed by atoms with Crippen molar-refractivity contribution in [3.63, 3.8) is 0 Å². The average molecular weight is 316 g/mol. The molecule has 0 saturated heterocycles. The highest BCUT2D eigenvalue weighted by Crippen LogP contribution is 2.32. The monoisotopic (exact) mass is 316 g/mol. The topological polar surface area (TPSA) is 78.9 Å². The molecule has 1 aliphatic carbocycles. The molecule has 2 N–H and O–H groups in total. The van der Waals surface area contributed by atoms with Crippen LogP contribution >= 0.6 is 0 Å². The van der Waals surface area contributed by atoms with E-state index in [1.165, 1.54) is 7.05 Å². The molecular weight excluding hydrogens is 291 g/mol. The third kappa shape index (κ3) is 6.89. The first-order chi connectivity index (χ1) is 10.1. The Hall–Kier alpha value is -1.63. The van der Waals surface area contributed by atoms with Gasteiger partial charge in [0.25, 0.3) is 5.91 Å². The largest absolute Gasteiger partial charge is 0.444 e.